The van der Waals surface area contributed by atoms with Crippen LogP contribution < -0.4 is 4.74 Å². The van der Waals surface area contributed by atoms with Crippen LogP contribution in [0.15, 0.2) is 42.5 Å². The minimum atomic E-state index is -1.04. The summed E-state index contributed by atoms with van der Waals surface area (Å²) < 4.78 is 48.4. The zero-order valence-corrected chi connectivity index (χ0v) is 16.5. The lowest BCUT2D eigenvalue weighted by Crippen LogP contribution is -2.13. The Hall–Kier alpha value is -2.23. The zero-order chi connectivity index (χ0) is 20.1. The Labute approximate surface area is 165 Å². The summed E-state index contributed by atoms with van der Waals surface area (Å²) in [4.78, 5) is 0. The van der Waals surface area contributed by atoms with Crippen LogP contribution in [0.25, 0.3) is 11.1 Å². The van der Waals surface area contributed by atoms with E-state index in [1.54, 1.807) is 19.1 Å². The largest absolute Gasteiger partial charge is 0.491 e. The van der Waals surface area contributed by atoms with E-state index < -0.39 is 11.6 Å². The molecule has 1 aliphatic carbocycles. The number of benzene rings is 2. The van der Waals surface area contributed by atoms with E-state index in [0.29, 0.717) is 17.0 Å². The van der Waals surface area contributed by atoms with Crippen LogP contribution >= 0.6 is 0 Å². The summed E-state index contributed by atoms with van der Waals surface area (Å²) in [7, 11) is 0. The van der Waals surface area contributed by atoms with Gasteiger partial charge in [-0.3, -0.25) is 0 Å². The first-order valence-electron chi connectivity index (χ1n) is 10.1. The van der Waals surface area contributed by atoms with Crippen LogP contribution in [0.3, 0.4) is 0 Å². The van der Waals surface area contributed by atoms with E-state index >= 15 is 0 Å². The van der Waals surface area contributed by atoms with E-state index in [0.717, 1.165) is 32.1 Å². The van der Waals surface area contributed by atoms with Gasteiger partial charge in [-0.05, 0) is 80.2 Å². The summed E-state index contributed by atoms with van der Waals surface area (Å²) >= 11 is 0. The third-order valence-electron chi connectivity index (χ3n) is 5.51. The van der Waals surface area contributed by atoms with Crippen molar-refractivity contribution >= 4 is 0 Å². The molecule has 0 aliphatic heterocycles. The molecule has 2 aromatic carbocycles. The van der Waals surface area contributed by atoms with Gasteiger partial charge in [0, 0.05) is 5.56 Å². The molecule has 0 heterocycles. The molecule has 0 amide bonds. The molecule has 0 radical (unpaired) electrons. The fourth-order valence-electron chi connectivity index (χ4n) is 4.00. The molecule has 4 heteroatoms. The van der Waals surface area contributed by atoms with Crippen molar-refractivity contribution in [1.29, 1.82) is 0 Å². The Bertz CT molecular complexity index is 836. The van der Waals surface area contributed by atoms with Gasteiger partial charge in [0.05, 0.1) is 6.61 Å². The van der Waals surface area contributed by atoms with Gasteiger partial charge in [0.15, 0.2) is 11.6 Å². The molecule has 0 atom stereocenters. The smallest absolute Gasteiger partial charge is 0.201 e. The number of allylic oxidation sites excluding steroid dienone is 2. The third-order valence-corrected chi connectivity index (χ3v) is 5.51. The van der Waals surface area contributed by atoms with Crippen molar-refractivity contribution < 1.29 is 17.9 Å². The maximum atomic E-state index is 14.8. The predicted octanol–water partition coefficient (Wildman–Crippen LogP) is 7.41. The van der Waals surface area contributed by atoms with Crippen molar-refractivity contribution in [2.45, 2.75) is 51.9 Å². The minimum Gasteiger partial charge on any atom is -0.491 e. The van der Waals surface area contributed by atoms with Gasteiger partial charge in [0.1, 0.15) is 5.82 Å². The molecule has 2 aromatic rings. The lowest BCUT2D eigenvalue weighted by Gasteiger charge is -2.27. The van der Waals surface area contributed by atoms with Crippen LogP contribution in [0.2, 0.25) is 0 Å². The highest BCUT2D eigenvalue weighted by atomic mass is 19.2. The predicted molar refractivity (Wildman–Crippen MR) is 107 cm³/mol. The Morgan fingerprint density at radius 2 is 1.71 bits per heavy atom. The molecular weight excluding hydrogens is 361 g/mol. The van der Waals surface area contributed by atoms with E-state index in [4.69, 9.17) is 4.74 Å². The van der Waals surface area contributed by atoms with E-state index in [1.807, 2.05) is 0 Å². The van der Waals surface area contributed by atoms with Crippen LogP contribution in [-0.4, -0.2) is 6.61 Å². The van der Waals surface area contributed by atoms with Crippen molar-refractivity contribution in [2.75, 3.05) is 6.61 Å². The van der Waals surface area contributed by atoms with Gasteiger partial charge in [-0.2, -0.15) is 4.39 Å². The molecule has 28 heavy (non-hydrogen) atoms. The second-order valence-corrected chi connectivity index (χ2v) is 7.36. The number of hydrogen-bond donors (Lipinski definition) is 0. The second kappa shape index (κ2) is 9.31. The standard InChI is InChI=1S/C24H27F3O/c1-3-5-6-16-7-9-17(10-8-16)19-12-11-18(15-21(19)25)20-13-14-22(28-4-2)24(27)23(20)26/h5-6,11-17H,3-4,7-10H2,1-2H3/b6-5+. The summed E-state index contributed by atoms with van der Waals surface area (Å²) in [5.74, 6) is -1.77. The average molecular weight is 388 g/mol. The fraction of sp³-hybridized carbons (Fsp3) is 0.417. The topological polar surface area (TPSA) is 9.23 Å². The first-order chi connectivity index (χ1) is 13.5. The van der Waals surface area contributed by atoms with E-state index in [2.05, 4.69) is 19.1 Å². The van der Waals surface area contributed by atoms with Crippen LogP contribution in [0.1, 0.15) is 57.4 Å². The van der Waals surface area contributed by atoms with Gasteiger partial charge in [0.25, 0.3) is 0 Å². The number of ether oxygens (including phenoxy) is 1. The highest BCUT2D eigenvalue weighted by Gasteiger charge is 2.24. The monoisotopic (exact) mass is 388 g/mol. The molecule has 0 aromatic heterocycles. The molecule has 0 spiro atoms. The van der Waals surface area contributed by atoms with Gasteiger partial charge < -0.3 is 4.74 Å². The molecule has 0 bridgehead atoms. The van der Waals surface area contributed by atoms with Crippen molar-refractivity contribution in [3.8, 4) is 16.9 Å². The quantitative estimate of drug-likeness (QED) is 0.468. The van der Waals surface area contributed by atoms with Gasteiger partial charge in [-0.25, -0.2) is 8.78 Å². The summed E-state index contributed by atoms with van der Waals surface area (Å²) in [6.45, 7) is 4.07. The molecular formula is C24H27F3O. The Kier molecular flexibility index (Phi) is 6.82. The lowest BCUT2D eigenvalue weighted by molar-refractivity contribution is 0.314. The highest BCUT2D eigenvalue weighted by molar-refractivity contribution is 5.66. The second-order valence-electron chi connectivity index (χ2n) is 7.36. The van der Waals surface area contributed by atoms with E-state index in [1.165, 1.54) is 18.2 Å². The van der Waals surface area contributed by atoms with Gasteiger partial charge in [0.2, 0.25) is 5.82 Å². The molecule has 0 saturated heterocycles. The van der Waals surface area contributed by atoms with Crippen molar-refractivity contribution in [3.63, 3.8) is 0 Å². The van der Waals surface area contributed by atoms with Crippen molar-refractivity contribution in [3.05, 3.63) is 65.5 Å². The van der Waals surface area contributed by atoms with Gasteiger partial charge in [-0.1, -0.05) is 31.2 Å². The summed E-state index contributed by atoms with van der Waals surface area (Å²) in [6, 6.07) is 7.54. The molecule has 0 unspecified atom stereocenters. The Morgan fingerprint density at radius 3 is 2.36 bits per heavy atom. The van der Waals surface area contributed by atoms with Crippen LogP contribution in [0, 0.1) is 23.4 Å². The molecule has 1 nitrogen and oxygen atoms in total. The lowest BCUT2D eigenvalue weighted by atomic mass is 9.78. The minimum absolute atomic E-state index is 0.0415. The molecule has 0 N–H and O–H groups in total. The third kappa shape index (κ3) is 4.43. The zero-order valence-electron chi connectivity index (χ0n) is 16.5. The molecule has 1 saturated carbocycles. The first kappa shape index (κ1) is 20.5. The van der Waals surface area contributed by atoms with Crippen LogP contribution in [-0.2, 0) is 0 Å². The van der Waals surface area contributed by atoms with Gasteiger partial charge in [-0.15, -0.1) is 0 Å². The van der Waals surface area contributed by atoms with E-state index in [-0.39, 0.29) is 29.7 Å². The summed E-state index contributed by atoms with van der Waals surface area (Å²) in [5, 5.41) is 0. The Morgan fingerprint density at radius 1 is 0.964 bits per heavy atom. The molecule has 1 aliphatic rings. The fourth-order valence-corrected chi connectivity index (χ4v) is 4.00. The highest BCUT2D eigenvalue weighted by Crippen LogP contribution is 2.39. The van der Waals surface area contributed by atoms with Crippen LogP contribution in [0.4, 0.5) is 13.2 Å². The first-order valence-corrected chi connectivity index (χ1v) is 10.1. The molecule has 1 fully saturated rings. The number of hydrogen-bond acceptors (Lipinski definition) is 1. The average Bonchev–Trinajstić information content (AvgIpc) is 2.70. The summed E-state index contributed by atoms with van der Waals surface area (Å²) in [6.07, 6.45) is 9.52. The Balaban J connectivity index is 1.78. The normalized spacial score (nSPS) is 19.9. The molecule has 150 valence electrons. The number of rotatable bonds is 6. The molecule has 3 rings (SSSR count). The van der Waals surface area contributed by atoms with Gasteiger partial charge >= 0.3 is 0 Å². The maximum Gasteiger partial charge on any atom is 0.201 e. The van der Waals surface area contributed by atoms with Crippen molar-refractivity contribution in [1.82, 2.24) is 0 Å². The van der Waals surface area contributed by atoms with E-state index in [9.17, 15) is 13.2 Å². The number of halogens is 3. The van der Waals surface area contributed by atoms with Crippen LogP contribution in [0.5, 0.6) is 5.75 Å². The maximum absolute atomic E-state index is 14.8. The SMILES string of the molecule is CC/C=C/C1CCC(c2ccc(-c3ccc(OCC)c(F)c3F)cc2F)CC1. The summed E-state index contributed by atoms with van der Waals surface area (Å²) in [5.41, 5.74) is 1.05. The van der Waals surface area contributed by atoms with Crippen molar-refractivity contribution in [2.24, 2.45) is 5.92 Å².